The SMILES string of the molecule is C=S(C)c1nc(C(=O)Nc2ccc(Oc3ccnc(C(=O)NC)c3)cc2)c(-c2ccc(F)cc2)s1. The number of carbonyl (C=O) groups excluding carboxylic acids is 2. The van der Waals surface area contributed by atoms with Gasteiger partial charge in [-0.15, -0.1) is 21.8 Å². The van der Waals surface area contributed by atoms with E-state index in [1.165, 1.54) is 42.8 Å². The molecule has 0 saturated carbocycles. The molecule has 0 saturated heterocycles. The van der Waals surface area contributed by atoms with Gasteiger partial charge in [-0.05, 0) is 54.3 Å². The lowest BCUT2D eigenvalue weighted by Gasteiger charge is -2.09. The molecule has 10 heteroatoms. The number of anilines is 1. The number of aromatic nitrogens is 2. The molecule has 0 aliphatic heterocycles. The minimum Gasteiger partial charge on any atom is -0.457 e. The molecule has 4 rings (SSSR count). The van der Waals surface area contributed by atoms with E-state index in [2.05, 4.69) is 26.5 Å². The zero-order valence-electron chi connectivity index (χ0n) is 18.9. The number of rotatable bonds is 7. The minimum absolute atomic E-state index is 0.241. The van der Waals surface area contributed by atoms with Crippen LogP contribution in [0.15, 0.2) is 71.2 Å². The molecule has 4 aromatic rings. The van der Waals surface area contributed by atoms with Crippen molar-refractivity contribution in [2.45, 2.75) is 4.34 Å². The first-order valence-electron chi connectivity index (χ1n) is 10.3. The average Bonchev–Trinajstić information content (AvgIpc) is 3.31. The lowest BCUT2D eigenvalue weighted by atomic mass is 10.1. The van der Waals surface area contributed by atoms with Crippen molar-refractivity contribution in [1.29, 1.82) is 0 Å². The van der Waals surface area contributed by atoms with Gasteiger partial charge in [-0.2, -0.15) is 0 Å². The third-order valence-corrected chi connectivity index (χ3v) is 7.46. The number of nitrogens with zero attached hydrogens (tertiary/aromatic N) is 2. The van der Waals surface area contributed by atoms with E-state index >= 15 is 0 Å². The van der Waals surface area contributed by atoms with Gasteiger partial charge in [0.15, 0.2) is 0 Å². The summed E-state index contributed by atoms with van der Waals surface area (Å²) in [6, 6.07) is 15.9. The van der Waals surface area contributed by atoms with Gasteiger partial charge < -0.3 is 15.4 Å². The molecule has 0 aliphatic carbocycles. The van der Waals surface area contributed by atoms with Crippen LogP contribution in [0.4, 0.5) is 10.1 Å². The molecule has 35 heavy (non-hydrogen) atoms. The number of amides is 2. The summed E-state index contributed by atoms with van der Waals surface area (Å²) in [6.45, 7) is 0. The van der Waals surface area contributed by atoms with E-state index in [-0.39, 0.29) is 39.5 Å². The van der Waals surface area contributed by atoms with Crippen molar-refractivity contribution in [3.8, 4) is 21.9 Å². The Kier molecular flexibility index (Phi) is 7.33. The molecule has 2 heterocycles. The number of thiazole rings is 1. The minimum atomic E-state index is -0.380. The molecule has 2 N–H and O–H groups in total. The van der Waals surface area contributed by atoms with Crippen LogP contribution in [0.1, 0.15) is 21.0 Å². The zero-order chi connectivity index (χ0) is 24.9. The highest BCUT2D eigenvalue weighted by atomic mass is 32.2. The predicted molar refractivity (Wildman–Crippen MR) is 139 cm³/mol. The number of carbonyl (C=O) groups is 2. The summed E-state index contributed by atoms with van der Waals surface area (Å²) in [5.41, 5.74) is 1.76. The van der Waals surface area contributed by atoms with Crippen LogP contribution in [-0.4, -0.2) is 41.0 Å². The lowest BCUT2D eigenvalue weighted by Crippen LogP contribution is -2.18. The van der Waals surface area contributed by atoms with Crippen LogP contribution < -0.4 is 15.4 Å². The Bertz CT molecular complexity index is 1400. The fraction of sp³-hybridized carbons (Fsp3) is 0.0800. The predicted octanol–water partition coefficient (Wildman–Crippen LogP) is 5.44. The summed E-state index contributed by atoms with van der Waals surface area (Å²) in [7, 11) is 1.15. The van der Waals surface area contributed by atoms with Crippen molar-refractivity contribution in [2.75, 3.05) is 18.6 Å². The Morgan fingerprint density at radius 1 is 1.03 bits per heavy atom. The summed E-state index contributed by atoms with van der Waals surface area (Å²) in [5, 5.41) is 5.36. The van der Waals surface area contributed by atoms with Gasteiger partial charge in [-0.3, -0.25) is 14.6 Å². The standard InChI is InChI=1S/C25H21FN4O3S2/c1-27-23(31)20-14-19(12-13-28-20)33-18-10-8-17(9-11-18)29-24(32)21-22(34-25(30-21)35(2)3)15-4-6-16(26)7-5-15/h4-14H,2H2,1,3H3,(H,27,31)(H,29,32). The largest absolute Gasteiger partial charge is 0.457 e. The Morgan fingerprint density at radius 3 is 2.40 bits per heavy atom. The number of nitrogens with one attached hydrogen (secondary N) is 2. The molecule has 0 aliphatic rings. The quantitative estimate of drug-likeness (QED) is 0.324. The first kappa shape index (κ1) is 24.2. The van der Waals surface area contributed by atoms with Crippen molar-refractivity contribution >= 4 is 45.2 Å². The van der Waals surface area contributed by atoms with Crippen LogP contribution in [0.25, 0.3) is 10.4 Å². The summed E-state index contributed by atoms with van der Waals surface area (Å²) < 4.78 is 19.9. The highest BCUT2D eigenvalue weighted by molar-refractivity contribution is 8.14. The number of halogens is 1. The van der Waals surface area contributed by atoms with Crippen LogP contribution in [-0.2, 0) is 0 Å². The monoisotopic (exact) mass is 508 g/mol. The maximum atomic E-state index is 13.4. The molecule has 0 radical (unpaired) electrons. The molecule has 0 spiro atoms. The molecular formula is C25H21FN4O3S2. The number of hydrogen-bond donors (Lipinski definition) is 2. The maximum absolute atomic E-state index is 13.4. The molecular weight excluding hydrogens is 487 g/mol. The van der Waals surface area contributed by atoms with Gasteiger partial charge in [0.2, 0.25) is 0 Å². The molecule has 0 bridgehead atoms. The summed E-state index contributed by atoms with van der Waals surface area (Å²) >= 11 is 1.38. The van der Waals surface area contributed by atoms with Crippen LogP contribution in [0.2, 0.25) is 0 Å². The van der Waals surface area contributed by atoms with Crippen molar-refractivity contribution in [3.05, 3.63) is 84.1 Å². The Morgan fingerprint density at radius 2 is 1.74 bits per heavy atom. The van der Waals surface area contributed by atoms with Gasteiger partial charge in [-0.25, -0.2) is 9.37 Å². The van der Waals surface area contributed by atoms with Crippen molar-refractivity contribution < 1.29 is 18.7 Å². The van der Waals surface area contributed by atoms with Gasteiger partial charge in [0.1, 0.15) is 33.0 Å². The fourth-order valence-corrected chi connectivity index (χ4v) is 4.93. The first-order valence-corrected chi connectivity index (χ1v) is 13.0. The van der Waals surface area contributed by atoms with Gasteiger partial charge in [0.05, 0.1) is 4.88 Å². The number of pyridine rings is 1. The second-order valence-corrected chi connectivity index (χ2v) is 10.3. The molecule has 0 fully saturated rings. The van der Waals surface area contributed by atoms with Crippen LogP contribution in [0.3, 0.4) is 0 Å². The van der Waals surface area contributed by atoms with E-state index < -0.39 is 0 Å². The smallest absolute Gasteiger partial charge is 0.275 e. The molecule has 1 atom stereocenters. The summed E-state index contributed by atoms with van der Waals surface area (Å²) in [4.78, 5) is 34.0. The molecule has 2 aromatic heterocycles. The fourth-order valence-electron chi connectivity index (χ4n) is 3.06. The van der Waals surface area contributed by atoms with E-state index in [9.17, 15) is 14.0 Å². The third-order valence-electron chi connectivity index (χ3n) is 4.77. The second-order valence-electron chi connectivity index (χ2n) is 7.34. The Hall–Kier alpha value is -3.89. The Labute approximate surface area is 208 Å². The number of benzene rings is 2. The number of ether oxygens (including phenoxy) is 1. The normalized spacial score (nSPS) is 11.5. The van der Waals surface area contributed by atoms with Gasteiger partial charge in [-0.1, -0.05) is 18.0 Å². The Balaban J connectivity index is 1.51. The molecule has 178 valence electrons. The molecule has 1 unspecified atom stereocenters. The third kappa shape index (κ3) is 5.79. The van der Waals surface area contributed by atoms with Gasteiger partial charge >= 0.3 is 0 Å². The van der Waals surface area contributed by atoms with Crippen molar-refractivity contribution in [1.82, 2.24) is 15.3 Å². The number of hydrogen-bond acceptors (Lipinski definition) is 6. The van der Waals surface area contributed by atoms with E-state index in [4.69, 9.17) is 4.74 Å². The molecule has 7 nitrogen and oxygen atoms in total. The van der Waals surface area contributed by atoms with Gasteiger partial charge in [0.25, 0.3) is 11.8 Å². The van der Waals surface area contributed by atoms with E-state index in [0.29, 0.717) is 27.6 Å². The van der Waals surface area contributed by atoms with Crippen molar-refractivity contribution in [3.63, 3.8) is 0 Å². The topological polar surface area (TPSA) is 93.2 Å². The van der Waals surface area contributed by atoms with Gasteiger partial charge in [0, 0.05) is 25.0 Å². The van der Waals surface area contributed by atoms with Crippen LogP contribution >= 0.6 is 21.8 Å². The van der Waals surface area contributed by atoms with Crippen molar-refractivity contribution in [2.24, 2.45) is 0 Å². The van der Waals surface area contributed by atoms with Crippen LogP contribution in [0.5, 0.6) is 11.5 Å². The van der Waals surface area contributed by atoms with E-state index in [1.807, 2.05) is 6.26 Å². The second kappa shape index (κ2) is 10.6. The zero-order valence-corrected chi connectivity index (χ0v) is 20.5. The highest BCUT2D eigenvalue weighted by Crippen LogP contribution is 2.36. The molecule has 2 aromatic carbocycles. The lowest BCUT2D eigenvalue weighted by molar-refractivity contribution is 0.0957. The average molecular weight is 509 g/mol. The summed E-state index contributed by atoms with van der Waals surface area (Å²) in [6.07, 6.45) is 3.41. The maximum Gasteiger partial charge on any atom is 0.275 e. The van der Waals surface area contributed by atoms with E-state index in [0.717, 1.165) is 4.34 Å². The summed E-state index contributed by atoms with van der Waals surface area (Å²) in [5.74, 6) is 3.96. The first-order chi connectivity index (χ1) is 16.8. The van der Waals surface area contributed by atoms with E-state index in [1.54, 1.807) is 42.5 Å². The molecule has 2 amide bonds. The van der Waals surface area contributed by atoms with Crippen LogP contribution in [0, 0.1) is 5.82 Å². The highest BCUT2D eigenvalue weighted by Gasteiger charge is 2.20.